The van der Waals surface area contributed by atoms with E-state index in [2.05, 4.69) is 29.4 Å². The van der Waals surface area contributed by atoms with Crippen LogP contribution in [0.3, 0.4) is 0 Å². The molecule has 0 spiro atoms. The quantitative estimate of drug-likeness (QED) is 0.553. The molecule has 1 atom stereocenters. The third-order valence-electron chi connectivity index (χ3n) is 5.27. The second-order valence-corrected chi connectivity index (χ2v) is 7.51. The van der Waals surface area contributed by atoms with Gasteiger partial charge in [0.2, 0.25) is 0 Å². The summed E-state index contributed by atoms with van der Waals surface area (Å²) in [6.45, 7) is 5.78. The van der Waals surface area contributed by atoms with E-state index < -0.39 is 0 Å². The van der Waals surface area contributed by atoms with Crippen molar-refractivity contribution in [1.29, 1.82) is 0 Å². The van der Waals surface area contributed by atoms with E-state index in [9.17, 15) is 9.59 Å². The number of aromatic amines is 1. The molecule has 0 aliphatic carbocycles. The molecule has 29 heavy (non-hydrogen) atoms. The minimum absolute atomic E-state index is 0.137. The number of hydrogen-bond acceptors (Lipinski definition) is 3. The Kier molecular flexibility index (Phi) is 6.70. The SMILES string of the molecule is Cc1ccc([C@@H](C)NC(=O)COC(=O)CCCc2c[nH]c3ccccc23)cc1C. The number of carbonyl (C=O) groups excluding carboxylic acids is 2. The van der Waals surface area contributed by atoms with Gasteiger partial charge in [-0.15, -0.1) is 0 Å². The van der Waals surface area contributed by atoms with Crippen LogP contribution in [0.1, 0.15) is 48.1 Å². The number of aryl methyl sites for hydroxylation is 3. The molecular formula is C24H28N2O3. The van der Waals surface area contributed by atoms with Gasteiger partial charge in [0.25, 0.3) is 5.91 Å². The van der Waals surface area contributed by atoms with Gasteiger partial charge >= 0.3 is 5.97 Å². The van der Waals surface area contributed by atoms with Gasteiger partial charge in [-0.25, -0.2) is 0 Å². The van der Waals surface area contributed by atoms with Gasteiger partial charge in [-0.05, 0) is 61.9 Å². The molecule has 2 aromatic carbocycles. The van der Waals surface area contributed by atoms with Gasteiger partial charge in [-0.3, -0.25) is 9.59 Å². The summed E-state index contributed by atoms with van der Waals surface area (Å²) < 4.78 is 5.13. The van der Waals surface area contributed by atoms with Crippen LogP contribution in [-0.2, 0) is 20.7 Å². The van der Waals surface area contributed by atoms with Crippen LogP contribution in [0, 0.1) is 13.8 Å². The summed E-state index contributed by atoms with van der Waals surface area (Å²) in [5.41, 5.74) is 5.72. The van der Waals surface area contributed by atoms with Crippen molar-refractivity contribution < 1.29 is 14.3 Å². The maximum atomic E-state index is 12.1. The molecule has 3 rings (SSSR count). The average Bonchev–Trinajstić information content (AvgIpc) is 3.11. The monoisotopic (exact) mass is 392 g/mol. The van der Waals surface area contributed by atoms with Gasteiger partial charge in [0.05, 0.1) is 6.04 Å². The number of carbonyl (C=O) groups is 2. The highest BCUT2D eigenvalue weighted by atomic mass is 16.5. The molecule has 1 aromatic heterocycles. The zero-order valence-electron chi connectivity index (χ0n) is 17.2. The highest BCUT2D eigenvalue weighted by Crippen LogP contribution is 2.19. The van der Waals surface area contributed by atoms with Gasteiger partial charge < -0.3 is 15.0 Å². The summed E-state index contributed by atoms with van der Waals surface area (Å²) in [7, 11) is 0. The highest BCUT2D eigenvalue weighted by molar-refractivity contribution is 5.83. The highest BCUT2D eigenvalue weighted by Gasteiger charge is 2.13. The first-order chi connectivity index (χ1) is 13.9. The molecular weight excluding hydrogens is 364 g/mol. The summed E-state index contributed by atoms with van der Waals surface area (Å²) in [5, 5.41) is 4.06. The van der Waals surface area contributed by atoms with Crippen LogP contribution in [-0.4, -0.2) is 23.5 Å². The second-order valence-electron chi connectivity index (χ2n) is 7.51. The predicted molar refractivity (Wildman–Crippen MR) is 115 cm³/mol. The zero-order valence-corrected chi connectivity index (χ0v) is 17.2. The molecule has 0 saturated heterocycles. The topological polar surface area (TPSA) is 71.2 Å². The summed E-state index contributed by atoms with van der Waals surface area (Å²) in [4.78, 5) is 27.3. The number of esters is 1. The number of aromatic nitrogens is 1. The van der Waals surface area contributed by atoms with Crippen molar-refractivity contribution in [3.63, 3.8) is 0 Å². The minimum Gasteiger partial charge on any atom is -0.456 e. The lowest BCUT2D eigenvalue weighted by Crippen LogP contribution is -2.31. The molecule has 3 aromatic rings. The maximum absolute atomic E-state index is 12.1. The Labute approximate surface area is 171 Å². The van der Waals surface area contributed by atoms with Crippen LogP contribution in [0.25, 0.3) is 10.9 Å². The first-order valence-corrected chi connectivity index (χ1v) is 10.0. The van der Waals surface area contributed by atoms with E-state index in [0.29, 0.717) is 12.8 Å². The summed E-state index contributed by atoms with van der Waals surface area (Å²) >= 11 is 0. The van der Waals surface area contributed by atoms with E-state index in [1.165, 1.54) is 22.1 Å². The largest absolute Gasteiger partial charge is 0.456 e. The maximum Gasteiger partial charge on any atom is 0.306 e. The summed E-state index contributed by atoms with van der Waals surface area (Å²) in [6.07, 6.45) is 3.74. The van der Waals surface area contributed by atoms with Crippen LogP contribution >= 0.6 is 0 Å². The average molecular weight is 392 g/mol. The Hall–Kier alpha value is -3.08. The Morgan fingerprint density at radius 1 is 1.10 bits per heavy atom. The number of amides is 1. The number of nitrogens with one attached hydrogen (secondary N) is 2. The van der Waals surface area contributed by atoms with Crippen LogP contribution in [0.4, 0.5) is 0 Å². The molecule has 0 aliphatic heterocycles. The predicted octanol–water partition coefficient (Wildman–Crippen LogP) is 4.53. The van der Waals surface area contributed by atoms with Crippen molar-refractivity contribution in [2.75, 3.05) is 6.61 Å². The molecule has 1 heterocycles. The van der Waals surface area contributed by atoms with Gasteiger partial charge in [0.15, 0.2) is 6.61 Å². The van der Waals surface area contributed by atoms with Crippen LogP contribution < -0.4 is 5.32 Å². The zero-order chi connectivity index (χ0) is 20.8. The first kappa shape index (κ1) is 20.6. The Bertz CT molecular complexity index is 1010. The van der Waals surface area contributed by atoms with Crippen molar-refractivity contribution >= 4 is 22.8 Å². The van der Waals surface area contributed by atoms with Crippen LogP contribution in [0.5, 0.6) is 0 Å². The number of fused-ring (bicyclic) bond motifs is 1. The number of para-hydroxylation sites is 1. The normalized spacial score (nSPS) is 12.0. The second kappa shape index (κ2) is 9.41. The Morgan fingerprint density at radius 3 is 2.69 bits per heavy atom. The molecule has 2 N–H and O–H groups in total. The van der Waals surface area contributed by atoms with Crippen molar-refractivity contribution in [2.24, 2.45) is 0 Å². The number of hydrogen-bond donors (Lipinski definition) is 2. The number of benzene rings is 2. The van der Waals surface area contributed by atoms with E-state index in [1.807, 2.05) is 50.4 Å². The lowest BCUT2D eigenvalue weighted by Gasteiger charge is -2.15. The first-order valence-electron chi connectivity index (χ1n) is 10.0. The third-order valence-corrected chi connectivity index (χ3v) is 5.27. The molecule has 152 valence electrons. The van der Waals surface area contributed by atoms with E-state index >= 15 is 0 Å². The fourth-order valence-electron chi connectivity index (χ4n) is 3.38. The van der Waals surface area contributed by atoms with Gasteiger partial charge in [0, 0.05) is 23.5 Å². The smallest absolute Gasteiger partial charge is 0.306 e. The number of H-pyrrole nitrogens is 1. The molecule has 0 bridgehead atoms. The van der Waals surface area contributed by atoms with Crippen LogP contribution in [0.2, 0.25) is 0 Å². The van der Waals surface area contributed by atoms with E-state index in [-0.39, 0.29) is 24.5 Å². The molecule has 0 saturated carbocycles. The fourth-order valence-corrected chi connectivity index (χ4v) is 3.38. The van der Waals surface area contributed by atoms with E-state index in [1.54, 1.807) is 0 Å². The molecule has 1 amide bonds. The standard InChI is InChI=1S/C24H28N2O3/c1-16-11-12-19(13-17(16)2)18(3)26-23(27)15-29-24(28)10-6-7-20-14-25-22-9-5-4-8-21(20)22/h4-5,8-9,11-14,18,25H,6-7,10,15H2,1-3H3,(H,26,27)/t18-/m1/s1. The summed E-state index contributed by atoms with van der Waals surface area (Å²) in [5.74, 6) is -0.639. The van der Waals surface area contributed by atoms with Gasteiger partial charge in [0.1, 0.15) is 0 Å². The van der Waals surface area contributed by atoms with E-state index in [4.69, 9.17) is 4.74 Å². The van der Waals surface area contributed by atoms with Crippen molar-refractivity contribution in [3.8, 4) is 0 Å². The molecule has 5 heteroatoms. The molecule has 0 unspecified atom stereocenters. The lowest BCUT2D eigenvalue weighted by molar-refractivity contribution is -0.148. The molecule has 5 nitrogen and oxygen atoms in total. The van der Waals surface area contributed by atoms with Crippen LogP contribution in [0.15, 0.2) is 48.7 Å². The van der Waals surface area contributed by atoms with Crippen molar-refractivity contribution in [2.45, 2.75) is 46.1 Å². The third kappa shape index (κ3) is 5.47. The Morgan fingerprint density at radius 2 is 1.90 bits per heavy atom. The molecule has 0 fully saturated rings. The molecule has 0 radical (unpaired) electrons. The van der Waals surface area contributed by atoms with Crippen molar-refractivity contribution in [3.05, 3.63) is 70.9 Å². The van der Waals surface area contributed by atoms with E-state index in [0.717, 1.165) is 17.5 Å². The van der Waals surface area contributed by atoms with Gasteiger partial charge in [-0.1, -0.05) is 36.4 Å². The lowest BCUT2D eigenvalue weighted by atomic mass is 10.0. The van der Waals surface area contributed by atoms with Gasteiger partial charge in [-0.2, -0.15) is 0 Å². The number of rotatable bonds is 8. The minimum atomic E-state index is -0.348. The number of ether oxygens (including phenoxy) is 1. The van der Waals surface area contributed by atoms with Crippen molar-refractivity contribution in [1.82, 2.24) is 10.3 Å². The summed E-state index contributed by atoms with van der Waals surface area (Å²) in [6, 6.07) is 14.1. The Balaban J connectivity index is 1.39. The molecule has 0 aliphatic rings. The fraction of sp³-hybridized carbons (Fsp3) is 0.333.